The Kier molecular flexibility index (Phi) is 15.2. The summed E-state index contributed by atoms with van der Waals surface area (Å²) in [6.07, 6.45) is 14.9. The molecule has 0 radical (unpaired) electrons. The number of ether oxygens (including phenoxy) is 2. The molecule has 10 rings (SSSR count). The van der Waals surface area contributed by atoms with Gasteiger partial charge in [0.15, 0.2) is 0 Å². The van der Waals surface area contributed by atoms with E-state index in [2.05, 4.69) is 73.7 Å². The van der Waals surface area contributed by atoms with Gasteiger partial charge in [-0.3, -0.25) is 19.8 Å². The number of benzene rings is 2. The predicted octanol–water partition coefficient (Wildman–Crippen LogP) is 10.4. The van der Waals surface area contributed by atoms with Crippen molar-refractivity contribution in [2.24, 2.45) is 19.8 Å². The maximum Gasteiger partial charge on any atom is 0.410 e. The van der Waals surface area contributed by atoms with E-state index in [9.17, 15) is 9.59 Å². The lowest BCUT2D eigenvalue weighted by Gasteiger charge is -2.40. The zero-order chi connectivity index (χ0) is 52.6. The van der Waals surface area contributed by atoms with E-state index in [-0.39, 0.29) is 30.2 Å². The normalized spacial score (nSPS) is 18.9. The molecule has 6 heterocycles. The highest BCUT2D eigenvalue weighted by atomic mass is 35.5. The molecule has 4 aromatic heterocycles. The minimum atomic E-state index is -0.523. The van der Waals surface area contributed by atoms with Crippen LogP contribution in [0.1, 0.15) is 129 Å². The van der Waals surface area contributed by atoms with Crippen molar-refractivity contribution in [2.45, 2.75) is 83.7 Å². The molecule has 4 atom stereocenters. The molecule has 15 nitrogen and oxygen atoms in total. The maximum absolute atomic E-state index is 12.7. The van der Waals surface area contributed by atoms with E-state index in [1.807, 2.05) is 115 Å². The molecular formula is C57H67Cl2N11O4. The summed E-state index contributed by atoms with van der Waals surface area (Å²) in [4.78, 5) is 52.1. The van der Waals surface area contributed by atoms with Crippen LogP contribution in [0.4, 0.5) is 9.59 Å². The molecule has 2 aromatic carbocycles. The van der Waals surface area contributed by atoms with E-state index in [0.717, 1.165) is 56.2 Å². The van der Waals surface area contributed by atoms with E-state index >= 15 is 0 Å². The number of aromatic nitrogens is 6. The number of piperazine rings is 2. The second-order valence-electron chi connectivity index (χ2n) is 21.5. The molecule has 0 bridgehead atoms. The first-order valence-electron chi connectivity index (χ1n) is 25.3. The van der Waals surface area contributed by atoms with Gasteiger partial charge in [-0.1, -0.05) is 54.4 Å². The summed E-state index contributed by atoms with van der Waals surface area (Å²) < 4.78 is 15.2. The summed E-state index contributed by atoms with van der Waals surface area (Å²) in [7, 11) is 3.97. The number of aryl methyl sites for hydroxylation is 2. The Bertz CT molecular complexity index is 2880. The average molecular weight is 1040 g/mol. The summed E-state index contributed by atoms with van der Waals surface area (Å²) in [6, 6.07) is 19.7. The molecule has 6 aromatic rings. The van der Waals surface area contributed by atoms with E-state index < -0.39 is 17.2 Å². The number of imidazole rings is 2. The molecule has 17 heteroatoms. The number of hydrogen-bond donors (Lipinski definition) is 1. The Hall–Kier alpha value is -6.36. The van der Waals surface area contributed by atoms with Gasteiger partial charge in [0.2, 0.25) is 0 Å². The van der Waals surface area contributed by atoms with Gasteiger partial charge in [0.1, 0.15) is 11.2 Å². The smallest absolute Gasteiger partial charge is 0.410 e. The molecule has 2 amide bonds. The van der Waals surface area contributed by atoms with Gasteiger partial charge in [-0.05, 0) is 135 Å². The minimum absolute atomic E-state index is 0.0586. The van der Waals surface area contributed by atoms with Crippen molar-refractivity contribution < 1.29 is 19.1 Å². The van der Waals surface area contributed by atoms with E-state index in [4.69, 9.17) is 48.4 Å². The summed E-state index contributed by atoms with van der Waals surface area (Å²) in [5.74, 6) is 0.0977. The Morgan fingerprint density at radius 2 is 1.04 bits per heavy atom. The highest BCUT2D eigenvalue weighted by molar-refractivity contribution is 6.31. The predicted molar refractivity (Wildman–Crippen MR) is 291 cm³/mol. The van der Waals surface area contributed by atoms with Gasteiger partial charge in [0.25, 0.3) is 0 Å². The van der Waals surface area contributed by atoms with Crippen molar-refractivity contribution in [3.63, 3.8) is 0 Å². The fraction of sp³-hybridized carbons (Fsp3) is 0.404. The third-order valence-corrected chi connectivity index (χ3v) is 14.5. The molecule has 0 saturated carbocycles. The quantitative estimate of drug-likeness (QED) is 0.170. The van der Waals surface area contributed by atoms with Crippen LogP contribution in [0.25, 0.3) is 23.3 Å². The van der Waals surface area contributed by atoms with Crippen molar-refractivity contribution in [1.29, 1.82) is 0 Å². The number of nitrogens with zero attached hydrogens (tertiary/aromatic N) is 10. The number of amides is 2. The largest absolute Gasteiger partial charge is 0.444 e. The molecule has 2 aliphatic heterocycles. The monoisotopic (exact) mass is 1040 g/mol. The highest BCUT2D eigenvalue weighted by Crippen LogP contribution is 2.46. The van der Waals surface area contributed by atoms with Crippen LogP contribution in [-0.2, 0) is 23.6 Å². The molecule has 2 fully saturated rings. The van der Waals surface area contributed by atoms with Crippen molar-refractivity contribution in [3.8, 4) is 0 Å². The third kappa shape index (κ3) is 11.3. The number of carbonyl (C=O) groups is 2. The Labute approximate surface area is 444 Å². The number of nitrogens with two attached hydrogens (primary N) is 1. The van der Waals surface area contributed by atoms with Crippen LogP contribution in [0.5, 0.6) is 0 Å². The van der Waals surface area contributed by atoms with Crippen LogP contribution in [0.3, 0.4) is 0 Å². The second-order valence-corrected chi connectivity index (χ2v) is 22.4. The second kappa shape index (κ2) is 21.5. The van der Waals surface area contributed by atoms with Gasteiger partial charge in [0, 0.05) is 107 Å². The Morgan fingerprint density at radius 1 is 0.622 bits per heavy atom. The standard InChI is InChI=1S/C29H34ClN5O2.C28H33ClN6O2/c1-19(25-17-31-18-33(25)5)23-15-20-7-6-10-32-26(20)27(22-9-8-21(30)16-24(22)23)34-11-13-35(14-12-34)28(36)37-29(2,3)4;1-28(2,3)37-27(36)35-12-10-34(11-13-35)26-20-8-7-19(29)15-21(20)22(14-18-6-5-9-32-25(18)26)24(30)23-16-31-17-33(23)4/h6-10,15-19,27H,11-14H2,1-5H3;5-9,14-17,24,26H,10-13,30H2,1-4H3. The zero-order valence-corrected chi connectivity index (χ0v) is 45.3. The first-order chi connectivity index (χ1) is 35.2. The van der Waals surface area contributed by atoms with Gasteiger partial charge >= 0.3 is 12.2 Å². The van der Waals surface area contributed by atoms with Gasteiger partial charge in [-0.2, -0.15) is 0 Å². The number of rotatable bonds is 6. The fourth-order valence-corrected chi connectivity index (χ4v) is 10.8. The average Bonchev–Trinajstić information content (AvgIpc) is 3.93. The SMILES string of the molecule is CC(C1=Cc2cccnc2C(N2CCN(C(=O)OC(C)(C)C)CC2)c2ccc(Cl)cc21)c1cncn1C.Cn1cncc1C(N)C1=Cc2cccnc2C(N2CCN(C(=O)OC(C)(C)C)CC2)c2ccc(Cl)cc21. The number of pyridine rings is 2. The fourth-order valence-electron chi connectivity index (χ4n) is 10.5. The van der Waals surface area contributed by atoms with E-state index in [1.165, 1.54) is 11.1 Å². The maximum atomic E-state index is 12.7. The number of halogens is 2. The van der Waals surface area contributed by atoms with E-state index in [1.54, 1.807) is 22.3 Å². The number of carbonyl (C=O) groups excluding carboxylic acids is 2. The minimum Gasteiger partial charge on any atom is -0.444 e. The number of hydrogen-bond acceptors (Lipinski definition) is 11. The molecule has 2 aliphatic carbocycles. The number of fused-ring (bicyclic) bond motifs is 4. The van der Waals surface area contributed by atoms with Gasteiger partial charge < -0.3 is 34.1 Å². The lowest BCUT2D eigenvalue weighted by molar-refractivity contribution is 0.0109. The summed E-state index contributed by atoms with van der Waals surface area (Å²) in [5, 5.41) is 1.35. The van der Waals surface area contributed by atoms with Crippen LogP contribution >= 0.6 is 23.2 Å². The molecular weight excluding hydrogens is 974 g/mol. The number of allylic oxidation sites excluding steroid dienone is 1. The lowest BCUT2D eigenvalue weighted by Crippen LogP contribution is -2.51. The van der Waals surface area contributed by atoms with Crippen molar-refractivity contribution in [3.05, 3.63) is 164 Å². The molecule has 0 spiro atoms. The van der Waals surface area contributed by atoms with Crippen molar-refractivity contribution in [1.82, 2.24) is 48.7 Å². The highest BCUT2D eigenvalue weighted by Gasteiger charge is 2.38. The molecule has 2 N–H and O–H groups in total. The van der Waals surface area contributed by atoms with Crippen LogP contribution in [0.2, 0.25) is 10.0 Å². The van der Waals surface area contributed by atoms with Crippen LogP contribution < -0.4 is 5.73 Å². The van der Waals surface area contributed by atoms with Gasteiger partial charge in [-0.25, -0.2) is 19.6 Å². The topological polar surface area (TPSA) is 153 Å². The third-order valence-electron chi connectivity index (χ3n) is 14.1. The summed E-state index contributed by atoms with van der Waals surface area (Å²) >= 11 is 13.1. The molecule has 388 valence electrons. The lowest BCUT2D eigenvalue weighted by atomic mass is 9.87. The molecule has 4 unspecified atom stereocenters. The first kappa shape index (κ1) is 52.5. The summed E-state index contributed by atoms with van der Waals surface area (Å²) in [6.45, 7) is 18.7. The zero-order valence-electron chi connectivity index (χ0n) is 43.8. The Balaban J connectivity index is 0.000000182. The van der Waals surface area contributed by atoms with E-state index in [0.29, 0.717) is 62.4 Å². The summed E-state index contributed by atoms with van der Waals surface area (Å²) in [5.41, 5.74) is 18.5. The first-order valence-corrected chi connectivity index (χ1v) is 26.0. The van der Waals surface area contributed by atoms with Crippen LogP contribution in [0.15, 0.2) is 98.1 Å². The molecule has 4 aliphatic rings. The van der Waals surface area contributed by atoms with Crippen LogP contribution in [-0.4, -0.2) is 124 Å². The van der Waals surface area contributed by atoms with Crippen LogP contribution in [0, 0.1) is 0 Å². The van der Waals surface area contributed by atoms with Gasteiger partial charge in [-0.15, -0.1) is 0 Å². The van der Waals surface area contributed by atoms with Gasteiger partial charge in [0.05, 0.1) is 54.1 Å². The van der Waals surface area contributed by atoms with Crippen molar-refractivity contribution in [2.75, 3.05) is 52.4 Å². The Morgan fingerprint density at radius 3 is 1.46 bits per heavy atom. The van der Waals surface area contributed by atoms with Crippen molar-refractivity contribution >= 4 is 58.7 Å². The molecule has 2 saturated heterocycles. The molecule has 74 heavy (non-hydrogen) atoms.